The Labute approximate surface area is 202 Å². The summed E-state index contributed by atoms with van der Waals surface area (Å²) < 4.78 is 5.74. The largest absolute Gasteiger partial charge is 0.393 e. The van der Waals surface area contributed by atoms with Crippen LogP contribution in [0.25, 0.3) is 0 Å². The minimum Gasteiger partial charge on any atom is -0.393 e. The van der Waals surface area contributed by atoms with E-state index in [4.69, 9.17) is 4.74 Å². The van der Waals surface area contributed by atoms with Crippen molar-refractivity contribution in [1.82, 2.24) is 4.90 Å². The van der Waals surface area contributed by atoms with Crippen LogP contribution in [0.15, 0.2) is 48.5 Å². The molecular formula is C29H35NO4. The van der Waals surface area contributed by atoms with Gasteiger partial charge in [0.2, 0.25) is 0 Å². The smallest absolute Gasteiger partial charge is 0.253 e. The number of ether oxygens (including phenoxy) is 1. The van der Waals surface area contributed by atoms with E-state index in [0.717, 1.165) is 64.6 Å². The zero-order valence-corrected chi connectivity index (χ0v) is 19.9. The Balaban J connectivity index is 1.04. The minimum atomic E-state index is -0.449. The monoisotopic (exact) mass is 461 g/mol. The topological polar surface area (TPSA) is 66.8 Å². The normalized spacial score (nSPS) is 20.1. The van der Waals surface area contributed by atoms with Crippen LogP contribution in [-0.4, -0.2) is 53.1 Å². The van der Waals surface area contributed by atoms with Crippen molar-refractivity contribution in [1.29, 1.82) is 0 Å². The molecule has 2 aliphatic heterocycles. The molecule has 2 saturated heterocycles. The molecule has 2 heterocycles. The van der Waals surface area contributed by atoms with Crippen LogP contribution in [0.4, 0.5) is 0 Å². The van der Waals surface area contributed by atoms with Crippen molar-refractivity contribution >= 4 is 11.7 Å². The summed E-state index contributed by atoms with van der Waals surface area (Å²) in [6.45, 7) is 2.30. The second kappa shape index (κ2) is 10.0. The van der Waals surface area contributed by atoms with Gasteiger partial charge in [-0.05, 0) is 80.5 Å². The van der Waals surface area contributed by atoms with E-state index in [1.54, 1.807) is 24.3 Å². The summed E-state index contributed by atoms with van der Waals surface area (Å²) in [5, 5.41) is 10.4. The Bertz CT molecular complexity index is 992. The molecule has 5 rings (SSSR count). The van der Waals surface area contributed by atoms with Gasteiger partial charge >= 0.3 is 0 Å². The van der Waals surface area contributed by atoms with E-state index < -0.39 is 6.10 Å². The van der Waals surface area contributed by atoms with Crippen LogP contribution in [-0.2, 0) is 17.6 Å². The van der Waals surface area contributed by atoms with Crippen LogP contribution in [0.3, 0.4) is 0 Å². The number of likely N-dealkylation sites (tertiary alicyclic amines) is 1. The molecule has 2 aromatic carbocycles. The van der Waals surface area contributed by atoms with Crippen LogP contribution in [0, 0.1) is 5.92 Å². The Morgan fingerprint density at radius 1 is 0.941 bits per heavy atom. The van der Waals surface area contributed by atoms with Gasteiger partial charge in [-0.15, -0.1) is 0 Å². The number of amides is 1. The lowest BCUT2D eigenvalue weighted by molar-refractivity contribution is -0.169. The highest BCUT2D eigenvalue weighted by Crippen LogP contribution is 2.37. The quantitative estimate of drug-likeness (QED) is 0.584. The van der Waals surface area contributed by atoms with Gasteiger partial charge in [-0.25, -0.2) is 0 Å². The lowest BCUT2D eigenvalue weighted by Crippen LogP contribution is -2.53. The lowest BCUT2D eigenvalue weighted by atomic mass is 9.84. The number of carbonyl (C=O) groups is 2. The highest BCUT2D eigenvalue weighted by atomic mass is 16.5. The Kier molecular flexibility index (Phi) is 6.84. The average molecular weight is 462 g/mol. The van der Waals surface area contributed by atoms with Gasteiger partial charge in [-0.1, -0.05) is 36.4 Å². The number of aliphatic hydroxyl groups excluding tert-OH is 1. The summed E-state index contributed by atoms with van der Waals surface area (Å²) in [7, 11) is 0. The Morgan fingerprint density at radius 2 is 1.56 bits per heavy atom. The van der Waals surface area contributed by atoms with Crippen LogP contribution >= 0.6 is 0 Å². The highest BCUT2D eigenvalue weighted by Gasteiger charge is 2.42. The van der Waals surface area contributed by atoms with E-state index >= 15 is 0 Å². The summed E-state index contributed by atoms with van der Waals surface area (Å²) in [4.78, 5) is 27.4. The molecule has 180 valence electrons. The van der Waals surface area contributed by atoms with Gasteiger partial charge in [0.1, 0.15) is 0 Å². The average Bonchev–Trinajstić information content (AvgIpc) is 3.28. The number of rotatable bonds is 8. The minimum absolute atomic E-state index is 0.0216. The predicted octanol–water partition coefficient (Wildman–Crippen LogP) is 4.60. The van der Waals surface area contributed by atoms with Gasteiger partial charge in [0, 0.05) is 30.6 Å². The van der Waals surface area contributed by atoms with Crippen LogP contribution in [0.1, 0.15) is 76.8 Å². The van der Waals surface area contributed by atoms with E-state index in [2.05, 4.69) is 24.3 Å². The molecule has 3 aliphatic rings. The molecule has 0 saturated carbocycles. The molecule has 0 radical (unpaired) electrons. The number of carbonyl (C=O) groups excluding carboxylic acids is 2. The number of fused-ring (bicyclic) bond motifs is 1. The number of aliphatic hydroxyl groups is 1. The van der Waals surface area contributed by atoms with Crippen molar-refractivity contribution < 1.29 is 19.4 Å². The Hall–Kier alpha value is -2.50. The molecule has 0 bridgehead atoms. The Morgan fingerprint density at radius 3 is 2.15 bits per heavy atom. The molecule has 5 nitrogen and oxygen atoms in total. The van der Waals surface area contributed by atoms with Crippen LogP contribution in [0.2, 0.25) is 0 Å². The predicted molar refractivity (Wildman–Crippen MR) is 131 cm³/mol. The first-order valence-electron chi connectivity index (χ1n) is 12.8. The van der Waals surface area contributed by atoms with Gasteiger partial charge in [-0.2, -0.15) is 0 Å². The third-order valence-electron chi connectivity index (χ3n) is 8.13. The molecule has 1 N–H and O–H groups in total. The van der Waals surface area contributed by atoms with Gasteiger partial charge in [0.15, 0.2) is 5.78 Å². The van der Waals surface area contributed by atoms with E-state index in [1.807, 2.05) is 4.90 Å². The third kappa shape index (κ3) is 5.11. The summed E-state index contributed by atoms with van der Waals surface area (Å²) in [6, 6.07) is 15.6. The van der Waals surface area contributed by atoms with Gasteiger partial charge in [-0.3, -0.25) is 9.59 Å². The number of Topliss-reactive ketones (excluding diaryl/α,β-unsaturated/α-hetero) is 1. The molecule has 34 heavy (non-hydrogen) atoms. The fourth-order valence-electron chi connectivity index (χ4n) is 5.75. The number of benzene rings is 2. The van der Waals surface area contributed by atoms with Crippen molar-refractivity contribution in [3.8, 4) is 0 Å². The number of piperidine rings is 1. The standard InChI is InChI=1S/C29H35NO4/c31-26(10-5-21-19-24-3-1-2-4-25(24)20-21)11-12-27(32)22-6-8-23(9-7-22)28(33)30-16-13-29(14-17-30)15-18-34-29/h1-4,6-9,21,26,31H,5,10-20H2/t26-/m0/s1. The van der Waals surface area contributed by atoms with Crippen molar-refractivity contribution in [2.75, 3.05) is 19.7 Å². The van der Waals surface area contributed by atoms with Crippen molar-refractivity contribution in [2.45, 2.75) is 69.5 Å². The van der Waals surface area contributed by atoms with Gasteiger partial charge < -0.3 is 14.7 Å². The second-order valence-corrected chi connectivity index (χ2v) is 10.4. The first-order valence-corrected chi connectivity index (χ1v) is 12.8. The molecule has 5 heteroatoms. The molecule has 0 unspecified atom stereocenters. The highest BCUT2D eigenvalue weighted by molar-refractivity contribution is 5.98. The second-order valence-electron chi connectivity index (χ2n) is 10.4. The molecule has 1 spiro atoms. The fourth-order valence-corrected chi connectivity index (χ4v) is 5.75. The van der Waals surface area contributed by atoms with Crippen molar-refractivity contribution in [3.63, 3.8) is 0 Å². The molecule has 0 aromatic heterocycles. The van der Waals surface area contributed by atoms with Gasteiger partial charge in [0.25, 0.3) is 5.91 Å². The number of ketones is 1. The fraction of sp³-hybridized carbons (Fsp3) is 0.517. The van der Waals surface area contributed by atoms with E-state index in [0.29, 0.717) is 29.9 Å². The van der Waals surface area contributed by atoms with Crippen LogP contribution < -0.4 is 0 Å². The summed E-state index contributed by atoms with van der Waals surface area (Å²) in [6.07, 6.45) is 7.20. The lowest BCUT2D eigenvalue weighted by Gasteiger charge is -2.47. The zero-order chi connectivity index (χ0) is 23.5. The number of nitrogens with zero attached hydrogens (tertiary/aromatic N) is 1. The number of hydrogen-bond donors (Lipinski definition) is 1. The van der Waals surface area contributed by atoms with E-state index in [-0.39, 0.29) is 17.3 Å². The molecule has 1 atom stereocenters. The maximum absolute atomic E-state index is 12.8. The summed E-state index contributed by atoms with van der Waals surface area (Å²) >= 11 is 0. The van der Waals surface area contributed by atoms with Crippen molar-refractivity contribution in [3.05, 3.63) is 70.8 Å². The third-order valence-corrected chi connectivity index (χ3v) is 8.13. The number of hydrogen-bond acceptors (Lipinski definition) is 4. The summed E-state index contributed by atoms with van der Waals surface area (Å²) in [5.41, 5.74) is 4.14. The molecule has 2 fully saturated rings. The first kappa shape index (κ1) is 23.3. The van der Waals surface area contributed by atoms with Crippen LogP contribution in [0.5, 0.6) is 0 Å². The molecular weight excluding hydrogens is 426 g/mol. The molecule has 1 amide bonds. The maximum Gasteiger partial charge on any atom is 0.253 e. The SMILES string of the molecule is O=C(CC[C@@H](O)CCC1Cc2ccccc2C1)c1ccc(C(=O)N2CCC3(CCO3)CC2)cc1. The first-order chi connectivity index (χ1) is 16.5. The maximum atomic E-state index is 12.8. The van der Waals surface area contributed by atoms with E-state index in [9.17, 15) is 14.7 Å². The van der Waals surface area contributed by atoms with Crippen molar-refractivity contribution in [2.24, 2.45) is 5.92 Å². The molecule has 1 aliphatic carbocycles. The molecule has 2 aromatic rings. The van der Waals surface area contributed by atoms with E-state index in [1.165, 1.54) is 11.1 Å². The zero-order valence-electron chi connectivity index (χ0n) is 19.9. The van der Waals surface area contributed by atoms with Gasteiger partial charge in [0.05, 0.1) is 18.3 Å². The summed E-state index contributed by atoms with van der Waals surface area (Å²) in [5.74, 6) is 0.644.